The number of piperidine rings is 1. The molecule has 1 heteroatoms. The van der Waals surface area contributed by atoms with Crippen LogP contribution in [0.2, 0.25) is 0 Å². The molecule has 1 aliphatic heterocycles. The number of aryl methyl sites for hydroxylation is 3. The van der Waals surface area contributed by atoms with Crippen LogP contribution in [-0.2, 0) is 6.42 Å². The molecule has 0 atom stereocenters. The highest BCUT2D eigenvalue weighted by atomic mass is 15.1. The second-order valence-electron chi connectivity index (χ2n) is 8.04. The predicted octanol–water partition coefficient (Wildman–Crippen LogP) is 6.66. The molecule has 0 amide bonds. The predicted molar refractivity (Wildman–Crippen MR) is 116 cm³/mol. The quantitative estimate of drug-likeness (QED) is 0.559. The van der Waals surface area contributed by atoms with E-state index in [1.54, 1.807) is 0 Å². The van der Waals surface area contributed by atoms with Gasteiger partial charge >= 0.3 is 0 Å². The third kappa shape index (κ3) is 4.20. The van der Waals surface area contributed by atoms with Crippen LogP contribution in [0.15, 0.2) is 36.4 Å². The Balaban J connectivity index is 1.91. The van der Waals surface area contributed by atoms with Gasteiger partial charge in [0.25, 0.3) is 0 Å². The highest BCUT2D eigenvalue weighted by Crippen LogP contribution is 2.29. The van der Waals surface area contributed by atoms with Gasteiger partial charge in [-0.1, -0.05) is 44.2 Å². The smallest absolute Gasteiger partial charge is 0.0372 e. The van der Waals surface area contributed by atoms with Gasteiger partial charge in [0.2, 0.25) is 0 Å². The van der Waals surface area contributed by atoms with Gasteiger partial charge < -0.3 is 4.90 Å². The molecule has 0 aromatic heterocycles. The van der Waals surface area contributed by atoms with Gasteiger partial charge in [0.05, 0.1) is 0 Å². The van der Waals surface area contributed by atoms with E-state index in [0.29, 0.717) is 0 Å². The van der Waals surface area contributed by atoms with Crippen molar-refractivity contribution in [3.05, 3.63) is 64.2 Å². The molecule has 0 radical (unpaired) electrons. The maximum absolute atomic E-state index is 2.55. The fourth-order valence-corrected chi connectivity index (χ4v) is 3.87. The highest BCUT2D eigenvalue weighted by molar-refractivity contribution is 5.83. The summed E-state index contributed by atoms with van der Waals surface area (Å²) >= 11 is 0. The summed E-state index contributed by atoms with van der Waals surface area (Å²) in [6, 6.07) is 13.8. The Bertz CT molecular complexity index is 792. The molecule has 1 aliphatic rings. The van der Waals surface area contributed by atoms with E-state index in [1.807, 2.05) is 0 Å². The number of benzene rings is 2. The molecule has 0 saturated carbocycles. The molecule has 0 aliphatic carbocycles. The first-order valence-corrected chi connectivity index (χ1v) is 10.1. The minimum absolute atomic E-state index is 0.867. The van der Waals surface area contributed by atoms with E-state index in [4.69, 9.17) is 0 Å². The van der Waals surface area contributed by atoms with Crippen molar-refractivity contribution >= 4 is 17.3 Å². The van der Waals surface area contributed by atoms with Gasteiger partial charge in [0.15, 0.2) is 0 Å². The van der Waals surface area contributed by atoms with Crippen molar-refractivity contribution in [2.24, 2.45) is 5.92 Å². The minimum Gasteiger partial charge on any atom is -0.371 e. The molecular weight excluding hydrogens is 314 g/mol. The number of allylic oxidation sites excluding steroid dienone is 1. The van der Waals surface area contributed by atoms with Gasteiger partial charge in [-0.2, -0.15) is 0 Å². The topological polar surface area (TPSA) is 3.24 Å². The highest BCUT2D eigenvalue weighted by Gasteiger charge is 2.16. The van der Waals surface area contributed by atoms with Crippen molar-refractivity contribution in [2.45, 2.75) is 53.9 Å². The Morgan fingerprint density at radius 3 is 2.42 bits per heavy atom. The Kier molecular flexibility index (Phi) is 5.86. The van der Waals surface area contributed by atoms with E-state index in [0.717, 1.165) is 12.3 Å². The van der Waals surface area contributed by atoms with Gasteiger partial charge in [-0.3, -0.25) is 0 Å². The lowest BCUT2D eigenvalue weighted by atomic mass is 9.95. The first kappa shape index (κ1) is 18.8. The van der Waals surface area contributed by atoms with Crippen molar-refractivity contribution in [3.63, 3.8) is 0 Å². The number of hydrogen-bond acceptors (Lipinski definition) is 1. The van der Waals surface area contributed by atoms with E-state index in [1.165, 1.54) is 65.0 Å². The molecule has 2 aromatic rings. The first-order valence-electron chi connectivity index (χ1n) is 10.1. The molecule has 1 saturated heterocycles. The summed E-state index contributed by atoms with van der Waals surface area (Å²) in [4.78, 5) is 2.55. The van der Waals surface area contributed by atoms with E-state index in [9.17, 15) is 0 Å². The molecule has 1 nitrogen and oxygen atoms in total. The van der Waals surface area contributed by atoms with Crippen molar-refractivity contribution in [3.8, 4) is 0 Å². The van der Waals surface area contributed by atoms with Crippen LogP contribution in [-0.4, -0.2) is 13.1 Å². The van der Waals surface area contributed by atoms with Crippen LogP contribution in [0.3, 0.4) is 0 Å². The van der Waals surface area contributed by atoms with Crippen LogP contribution in [0.5, 0.6) is 0 Å². The molecule has 138 valence electrons. The average Bonchev–Trinajstić information content (AvgIpc) is 2.64. The van der Waals surface area contributed by atoms with E-state index >= 15 is 0 Å². The van der Waals surface area contributed by atoms with Crippen LogP contribution >= 0.6 is 0 Å². The zero-order chi connectivity index (χ0) is 18.7. The molecule has 0 bridgehead atoms. The summed E-state index contributed by atoms with van der Waals surface area (Å²) in [5.74, 6) is 0.867. The Morgan fingerprint density at radius 2 is 1.73 bits per heavy atom. The van der Waals surface area contributed by atoms with E-state index in [2.05, 4.69) is 82.0 Å². The Hall–Kier alpha value is -2.02. The molecule has 2 aromatic carbocycles. The third-order valence-electron chi connectivity index (χ3n) is 5.92. The number of anilines is 1. The fraction of sp³-hybridized carbons (Fsp3) is 0.440. The summed E-state index contributed by atoms with van der Waals surface area (Å²) < 4.78 is 0. The van der Waals surface area contributed by atoms with Gasteiger partial charge in [-0.25, -0.2) is 0 Å². The number of rotatable bonds is 4. The fourth-order valence-electron chi connectivity index (χ4n) is 3.87. The van der Waals surface area contributed by atoms with E-state index < -0.39 is 0 Å². The van der Waals surface area contributed by atoms with Crippen LogP contribution < -0.4 is 4.90 Å². The Labute approximate surface area is 159 Å². The second-order valence-corrected chi connectivity index (χ2v) is 8.04. The van der Waals surface area contributed by atoms with Crippen molar-refractivity contribution in [1.29, 1.82) is 0 Å². The largest absolute Gasteiger partial charge is 0.371 e. The third-order valence-corrected chi connectivity index (χ3v) is 5.92. The summed E-state index contributed by atoms with van der Waals surface area (Å²) in [6.07, 6.45) is 6.06. The average molecular weight is 348 g/mol. The second kappa shape index (κ2) is 8.12. The van der Waals surface area contributed by atoms with Crippen molar-refractivity contribution in [1.82, 2.24) is 0 Å². The molecule has 0 spiro atoms. The molecule has 0 N–H and O–H groups in total. The zero-order valence-corrected chi connectivity index (χ0v) is 17.1. The normalized spacial score (nSPS) is 16.2. The van der Waals surface area contributed by atoms with Gasteiger partial charge in [0, 0.05) is 18.8 Å². The maximum Gasteiger partial charge on any atom is 0.0372 e. The molecule has 26 heavy (non-hydrogen) atoms. The summed E-state index contributed by atoms with van der Waals surface area (Å²) in [6.45, 7) is 13.6. The van der Waals surface area contributed by atoms with Crippen molar-refractivity contribution in [2.75, 3.05) is 18.0 Å². The summed E-state index contributed by atoms with van der Waals surface area (Å²) in [7, 11) is 0. The van der Waals surface area contributed by atoms with Crippen LogP contribution in [0.4, 0.5) is 5.69 Å². The molecule has 1 fully saturated rings. The minimum atomic E-state index is 0.867. The maximum atomic E-state index is 2.55. The van der Waals surface area contributed by atoms with E-state index in [-0.39, 0.29) is 0 Å². The van der Waals surface area contributed by atoms with Crippen LogP contribution in [0.1, 0.15) is 61.4 Å². The lowest BCUT2D eigenvalue weighted by Crippen LogP contribution is -2.32. The SMILES string of the molecule is CCc1ccc(C)c(/C=C(\C)c2cc(N3CCC(C)CC3)ccc2C)c1. The Morgan fingerprint density at radius 1 is 1.04 bits per heavy atom. The number of nitrogens with zero attached hydrogens (tertiary/aromatic N) is 1. The van der Waals surface area contributed by atoms with Gasteiger partial charge in [-0.15, -0.1) is 0 Å². The molecule has 1 heterocycles. The standard InChI is InChI=1S/C25H33N/c1-6-22-9-7-19(3)23(16-22)15-21(5)25-17-24(10-8-20(25)4)26-13-11-18(2)12-14-26/h7-10,15-18H,6,11-14H2,1-5H3/b21-15+. The van der Waals surface area contributed by atoms with Crippen LogP contribution in [0.25, 0.3) is 11.6 Å². The van der Waals surface area contributed by atoms with Crippen LogP contribution in [0, 0.1) is 19.8 Å². The monoisotopic (exact) mass is 347 g/mol. The lowest BCUT2D eigenvalue weighted by Gasteiger charge is -2.32. The number of hydrogen-bond donors (Lipinski definition) is 0. The molecule has 3 rings (SSSR count). The summed E-state index contributed by atoms with van der Waals surface area (Å²) in [5.41, 5.74) is 9.57. The van der Waals surface area contributed by atoms with Gasteiger partial charge in [-0.05, 0) is 91.5 Å². The summed E-state index contributed by atoms with van der Waals surface area (Å²) in [5, 5.41) is 0. The first-order chi connectivity index (χ1) is 12.5. The molecular formula is C25H33N. The molecule has 0 unspecified atom stereocenters. The van der Waals surface area contributed by atoms with Crippen molar-refractivity contribution < 1.29 is 0 Å². The van der Waals surface area contributed by atoms with Gasteiger partial charge in [0.1, 0.15) is 0 Å². The zero-order valence-electron chi connectivity index (χ0n) is 17.1. The lowest BCUT2D eigenvalue weighted by molar-refractivity contribution is 0.438.